The van der Waals surface area contributed by atoms with Crippen molar-refractivity contribution in [2.45, 2.75) is 182 Å². The molecule has 48 heavy (non-hydrogen) atoms. The average molecular weight is 721 g/mol. The van der Waals surface area contributed by atoms with Crippen LogP contribution in [0.4, 0.5) is 0 Å². The Labute approximate surface area is 301 Å². The predicted octanol–water partition coefficient (Wildman–Crippen LogP) is 12.3. The summed E-state index contributed by atoms with van der Waals surface area (Å²) < 4.78 is 39.1. The summed E-state index contributed by atoms with van der Waals surface area (Å²) in [6.45, 7) is 12.9. The molecule has 2 N–H and O–H groups in total. The van der Waals surface area contributed by atoms with Crippen LogP contribution in [0.25, 0.3) is 0 Å². The zero-order valence-electron chi connectivity index (χ0n) is 33.0. The van der Waals surface area contributed by atoms with Crippen molar-refractivity contribution in [3.05, 3.63) is 0 Å². The number of unbranched alkanes of at least 4 members (excludes halogenated alkanes) is 20. The second-order valence-corrected chi connectivity index (χ2v) is 21.3. The van der Waals surface area contributed by atoms with Crippen LogP contribution in [-0.4, -0.2) is 76.7 Å². The molecule has 0 rings (SSSR count). The SMILES string of the molecule is CCCCCCCCP(=O)(CCCCCCCC)CNCCOCCOCCNCP(=O)(CCCCCCCC)CCCCCCCC. The Bertz CT molecular complexity index is 640. The minimum Gasteiger partial charge on any atom is -0.378 e. The zero-order valence-corrected chi connectivity index (χ0v) is 34.8. The topological polar surface area (TPSA) is 76.7 Å². The monoisotopic (exact) mass is 721 g/mol. The molecule has 0 radical (unpaired) electrons. The third kappa shape index (κ3) is 33.4. The van der Waals surface area contributed by atoms with Crippen LogP contribution in [0.1, 0.15) is 182 Å². The highest BCUT2D eigenvalue weighted by Gasteiger charge is 2.21. The van der Waals surface area contributed by atoms with Gasteiger partial charge in [0, 0.05) is 50.3 Å². The van der Waals surface area contributed by atoms with E-state index in [9.17, 15) is 9.13 Å². The average Bonchev–Trinajstić information content (AvgIpc) is 3.08. The number of hydrogen-bond acceptors (Lipinski definition) is 6. The minimum atomic E-state index is -2.16. The van der Waals surface area contributed by atoms with Gasteiger partial charge in [-0.3, -0.25) is 0 Å². The fraction of sp³-hybridized carbons (Fsp3) is 1.00. The van der Waals surface area contributed by atoms with Gasteiger partial charge in [-0.15, -0.1) is 0 Å². The third-order valence-electron chi connectivity index (χ3n) is 9.70. The summed E-state index contributed by atoms with van der Waals surface area (Å²) in [5.74, 6) is 0. The van der Waals surface area contributed by atoms with Gasteiger partial charge in [0.15, 0.2) is 0 Å². The molecule has 0 aliphatic heterocycles. The molecular formula is C40H86N2O4P2. The fourth-order valence-corrected chi connectivity index (χ4v) is 11.8. The summed E-state index contributed by atoms with van der Waals surface area (Å²) in [5.41, 5.74) is 0. The molecule has 290 valence electrons. The summed E-state index contributed by atoms with van der Waals surface area (Å²) in [5, 5.41) is 6.94. The fourth-order valence-electron chi connectivity index (χ4n) is 6.44. The predicted molar refractivity (Wildman–Crippen MR) is 216 cm³/mol. The highest BCUT2D eigenvalue weighted by atomic mass is 31.2. The van der Waals surface area contributed by atoms with Crippen molar-refractivity contribution in [1.29, 1.82) is 0 Å². The van der Waals surface area contributed by atoms with Crippen LogP contribution in [-0.2, 0) is 18.6 Å². The van der Waals surface area contributed by atoms with E-state index in [0.29, 0.717) is 39.0 Å². The standard InChI is InChI=1S/C40H86N2O4P2/c1-5-9-13-17-21-25-35-47(43,36-26-22-18-14-10-6-2)39-41-29-31-45-33-34-46-32-30-42-40-48(44,37-27-23-19-15-11-7-3)38-28-24-20-16-12-8-4/h41-42H,5-40H2,1-4H3. The highest BCUT2D eigenvalue weighted by Crippen LogP contribution is 2.47. The van der Waals surface area contributed by atoms with Crippen molar-refractivity contribution < 1.29 is 18.6 Å². The van der Waals surface area contributed by atoms with E-state index >= 15 is 0 Å². The number of ether oxygens (including phenoxy) is 2. The van der Waals surface area contributed by atoms with Gasteiger partial charge < -0.3 is 29.2 Å². The molecule has 8 heteroatoms. The summed E-state index contributed by atoms with van der Waals surface area (Å²) in [6, 6.07) is 0. The van der Waals surface area contributed by atoms with E-state index in [-0.39, 0.29) is 0 Å². The van der Waals surface area contributed by atoms with Gasteiger partial charge in [0.2, 0.25) is 0 Å². The van der Waals surface area contributed by atoms with Gasteiger partial charge in [-0.2, -0.15) is 0 Å². The Balaban J connectivity index is 4.18. The van der Waals surface area contributed by atoms with Crippen molar-refractivity contribution in [2.75, 3.05) is 76.7 Å². The molecule has 0 aromatic carbocycles. The largest absolute Gasteiger partial charge is 0.378 e. The van der Waals surface area contributed by atoms with E-state index in [2.05, 4.69) is 38.3 Å². The maximum absolute atomic E-state index is 13.8. The Morgan fingerprint density at radius 1 is 0.354 bits per heavy atom. The quantitative estimate of drug-likeness (QED) is 0.0484. The van der Waals surface area contributed by atoms with E-state index in [1.165, 1.54) is 128 Å². The molecule has 0 aromatic rings. The Morgan fingerprint density at radius 3 is 0.875 bits per heavy atom. The lowest BCUT2D eigenvalue weighted by molar-refractivity contribution is 0.0505. The lowest BCUT2D eigenvalue weighted by atomic mass is 10.1. The van der Waals surface area contributed by atoms with Crippen LogP contribution in [0.15, 0.2) is 0 Å². The van der Waals surface area contributed by atoms with Crippen molar-refractivity contribution in [3.63, 3.8) is 0 Å². The van der Waals surface area contributed by atoms with Gasteiger partial charge in [-0.25, -0.2) is 0 Å². The van der Waals surface area contributed by atoms with Gasteiger partial charge in [-0.05, 0) is 25.7 Å². The molecule has 0 amide bonds. The first kappa shape index (κ1) is 48.3. The van der Waals surface area contributed by atoms with Crippen LogP contribution >= 0.6 is 14.3 Å². The highest BCUT2D eigenvalue weighted by molar-refractivity contribution is 7.64. The van der Waals surface area contributed by atoms with E-state index in [1.54, 1.807) is 0 Å². The van der Waals surface area contributed by atoms with E-state index in [4.69, 9.17) is 9.47 Å². The molecule has 6 nitrogen and oxygen atoms in total. The molecule has 0 aromatic heterocycles. The molecule has 0 atom stereocenters. The Morgan fingerprint density at radius 2 is 0.604 bits per heavy atom. The van der Waals surface area contributed by atoms with Gasteiger partial charge in [0.05, 0.1) is 26.4 Å². The molecule has 0 aliphatic rings. The first-order chi connectivity index (χ1) is 23.4. The molecule has 0 saturated heterocycles. The van der Waals surface area contributed by atoms with Gasteiger partial charge in [0.1, 0.15) is 14.3 Å². The van der Waals surface area contributed by atoms with Gasteiger partial charge >= 0.3 is 0 Å². The van der Waals surface area contributed by atoms with E-state index in [0.717, 1.165) is 63.4 Å². The van der Waals surface area contributed by atoms with Crippen LogP contribution < -0.4 is 10.6 Å². The lowest BCUT2D eigenvalue weighted by Gasteiger charge is -2.19. The number of hydrogen-bond donors (Lipinski definition) is 2. The maximum Gasteiger partial charge on any atom is 0.101 e. The second kappa shape index (κ2) is 37.1. The maximum atomic E-state index is 13.8. The molecule has 0 spiro atoms. The van der Waals surface area contributed by atoms with Gasteiger partial charge in [-0.1, -0.05) is 156 Å². The molecule has 0 unspecified atom stereocenters. The Kier molecular flexibility index (Phi) is 37.3. The Hall–Kier alpha value is 0.300. The molecular weight excluding hydrogens is 634 g/mol. The van der Waals surface area contributed by atoms with Crippen molar-refractivity contribution in [1.82, 2.24) is 10.6 Å². The number of nitrogens with one attached hydrogen (secondary N) is 2. The second-order valence-electron chi connectivity index (χ2n) is 14.6. The summed E-state index contributed by atoms with van der Waals surface area (Å²) in [7, 11) is -4.33. The minimum absolute atomic E-state index is 0.573. The zero-order chi connectivity index (χ0) is 35.3. The molecule has 0 bridgehead atoms. The van der Waals surface area contributed by atoms with E-state index < -0.39 is 14.3 Å². The van der Waals surface area contributed by atoms with Crippen LogP contribution in [0, 0.1) is 0 Å². The first-order valence-electron chi connectivity index (χ1n) is 21.2. The number of rotatable bonds is 41. The summed E-state index contributed by atoms with van der Waals surface area (Å²) in [4.78, 5) is 0. The summed E-state index contributed by atoms with van der Waals surface area (Å²) >= 11 is 0. The molecule has 0 fully saturated rings. The summed E-state index contributed by atoms with van der Waals surface area (Å²) in [6.07, 6.45) is 35.0. The van der Waals surface area contributed by atoms with E-state index in [1.807, 2.05) is 0 Å². The first-order valence-corrected chi connectivity index (χ1v) is 25.7. The van der Waals surface area contributed by atoms with Crippen LogP contribution in [0.5, 0.6) is 0 Å². The van der Waals surface area contributed by atoms with Crippen molar-refractivity contribution in [2.24, 2.45) is 0 Å². The molecule has 0 aliphatic carbocycles. The van der Waals surface area contributed by atoms with Crippen molar-refractivity contribution in [3.8, 4) is 0 Å². The normalized spacial score (nSPS) is 12.3. The smallest absolute Gasteiger partial charge is 0.101 e. The molecule has 0 heterocycles. The third-order valence-corrected chi connectivity index (χ3v) is 15.8. The molecule has 0 saturated carbocycles. The van der Waals surface area contributed by atoms with Gasteiger partial charge in [0.25, 0.3) is 0 Å². The lowest BCUT2D eigenvalue weighted by Crippen LogP contribution is -2.24. The van der Waals surface area contributed by atoms with Crippen molar-refractivity contribution >= 4 is 14.3 Å². The van der Waals surface area contributed by atoms with Crippen LogP contribution in [0.3, 0.4) is 0 Å². The van der Waals surface area contributed by atoms with Crippen LogP contribution in [0.2, 0.25) is 0 Å².